The molecule has 0 bridgehead atoms. The second-order valence-electron chi connectivity index (χ2n) is 6.05. The number of nitrogens with zero attached hydrogens (tertiary/aromatic N) is 4. The molecule has 132 valence electrons. The zero-order valence-electron chi connectivity index (χ0n) is 14.3. The summed E-state index contributed by atoms with van der Waals surface area (Å²) in [5.41, 5.74) is 3.87. The van der Waals surface area contributed by atoms with Gasteiger partial charge in [-0.2, -0.15) is 10.2 Å². The van der Waals surface area contributed by atoms with Crippen LogP contribution in [0.25, 0.3) is 17.1 Å². The van der Waals surface area contributed by atoms with Crippen molar-refractivity contribution in [3.05, 3.63) is 59.9 Å². The molecule has 8 nitrogen and oxygen atoms in total. The van der Waals surface area contributed by atoms with Crippen LogP contribution in [0.2, 0.25) is 0 Å². The molecule has 26 heavy (non-hydrogen) atoms. The smallest absolute Gasteiger partial charge is 0.271 e. The molecular formula is C18H18N6O2. The first kappa shape index (κ1) is 16.1. The van der Waals surface area contributed by atoms with Gasteiger partial charge in [0.2, 0.25) is 0 Å². The van der Waals surface area contributed by atoms with Crippen LogP contribution in [-0.2, 0) is 6.42 Å². The standard InChI is InChI=1S/C18H18N6O2/c1-12-8-17-20-10-13(11-24(17)23-12)4-2-6-19-18(25)15-9-14(21-22-15)16-5-3-7-26-16/h3,5,7-11H,2,4,6H2,1H3,(H,19,25)(H,21,22). The normalized spacial score (nSPS) is 11.1. The van der Waals surface area contributed by atoms with Crippen molar-refractivity contribution in [1.82, 2.24) is 30.1 Å². The summed E-state index contributed by atoms with van der Waals surface area (Å²) in [7, 11) is 0. The van der Waals surface area contributed by atoms with E-state index in [0.29, 0.717) is 23.7 Å². The number of fused-ring (bicyclic) bond motifs is 1. The molecule has 0 saturated carbocycles. The van der Waals surface area contributed by atoms with Crippen molar-refractivity contribution in [1.29, 1.82) is 0 Å². The first-order chi connectivity index (χ1) is 12.7. The van der Waals surface area contributed by atoms with Crippen molar-refractivity contribution in [2.45, 2.75) is 19.8 Å². The van der Waals surface area contributed by atoms with Crippen LogP contribution in [0.3, 0.4) is 0 Å². The molecule has 0 aliphatic carbocycles. The predicted octanol–water partition coefficient (Wildman–Crippen LogP) is 2.38. The van der Waals surface area contributed by atoms with Crippen LogP contribution in [-0.4, -0.2) is 37.2 Å². The van der Waals surface area contributed by atoms with E-state index < -0.39 is 0 Å². The molecule has 2 N–H and O–H groups in total. The number of furan rings is 1. The fourth-order valence-electron chi connectivity index (χ4n) is 2.74. The van der Waals surface area contributed by atoms with Crippen molar-refractivity contribution in [2.24, 2.45) is 0 Å². The molecule has 1 amide bonds. The molecule has 0 unspecified atom stereocenters. The van der Waals surface area contributed by atoms with Crippen molar-refractivity contribution in [3.8, 4) is 11.5 Å². The molecule has 8 heteroatoms. The van der Waals surface area contributed by atoms with Crippen LogP contribution in [0.1, 0.15) is 28.2 Å². The van der Waals surface area contributed by atoms with Crippen LogP contribution in [0.4, 0.5) is 0 Å². The minimum atomic E-state index is -0.213. The zero-order chi connectivity index (χ0) is 17.9. The number of carbonyl (C=O) groups is 1. The van der Waals surface area contributed by atoms with Gasteiger partial charge in [0, 0.05) is 31.1 Å². The second-order valence-corrected chi connectivity index (χ2v) is 6.05. The van der Waals surface area contributed by atoms with Gasteiger partial charge in [-0.3, -0.25) is 9.89 Å². The van der Waals surface area contributed by atoms with Crippen molar-refractivity contribution in [3.63, 3.8) is 0 Å². The highest BCUT2D eigenvalue weighted by atomic mass is 16.3. The Hall–Kier alpha value is -3.42. The molecule has 0 aromatic carbocycles. The Kier molecular flexibility index (Phi) is 4.22. The highest BCUT2D eigenvalue weighted by molar-refractivity contribution is 5.93. The number of nitrogens with one attached hydrogen (secondary N) is 2. The Morgan fingerprint density at radius 3 is 3.15 bits per heavy atom. The zero-order valence-corrected chi connectivity index (χ0v) is 14.3. The van der Waals surface area contributed by atoms with Gasteiger partial charge in [-0.1, -0.05) is 0 Å². The number of amides is 1. The Labute approximate surface area is 149 Å². The molecule has 0 radical (unpaired) electrons. The lowest BCUT2D eigenvalue weighted by Crippen LogP contribution is -2.25. The van der Waals surface area contributed by atoms with Crippen molar-refractivity contribution < 1.29 is 9.21 Å². The van der Waals surface area contributed by atoms with E-state index in [-0.39, 0.29) is 5.91 Å². The van der Waals surface area contributed by atoms with Gasteiger partial charge in [-0.15, -0.1) is 0 Å². The fourth-order valence-corrected chi connectivity index (χ4v) is 2.74. The van der Waals surface area contributed by atoms with Gasteiger partial charge in [0.25, 0.3) is 5.91 Å². The number of H-pyrrole nitrogens is 1. The van der Waals surface area contributed by atoms with E-state index in [1.165, 1.54) is 0 Å². The van der Waals surface area contributed by atoms with Crippen LogP contribution in [0.5, 0.6) is 0 Å². The van der Waals surface area contributed by atoms with Gasteiger partial charge >= 0.3 is 0 Å². The summed E-state index contributed by atoms with van der Waals surface area (Å²) in [6, 6.07) is 7.20. The third kappa shape index (κ3) is 3.34. The highest BCUT2D eigenvalue weighted by Gasteiger charge is 2.12. The summed E-state index contributed by atoms with van der Waals surface area (Å²) in [5, 5.41) is 14.1. The molecule has 0 atom stereocenters. The Morgan fingerprint density at radius 1 is 1.38 bits per heavy atom. The lowest BCUT2D eigenvalue weighted by Gasteiger charge is -2.04. The topological polar surface area (TPSA) is 101 Å². The highest BCUT2D eigenvalue weighted by Crippen LogP contribution is 2.17. The maximum absolute atomic E-state index is 12.2. The molecule has 0 aliphatic rings. The van der Waals surface area contributed by atoms with E-state index in [1.54, 1.807) is 29.0 Å². The average molecular weight is 350 g/mol. The largest absolute Gasteiger partial charge is 0.463 e. The van der Waals surface area contributed by atoms with E-state index >= 15 is 0 Å². The Balaban J connectivity index is 1.29. The number of hydrogen-bond donors (Lipinski definition) is 2. The molecule has 4 rings (SSSR count). The van der Waals surface area contributed by atoms with Gasteiger partial charge in [0.1, 0.15) is 5.69 Å². The quantitative estimate of drug-likeness (QED) is 0.520. The maximum atomic E-state index is 12.2. The Morgan fingerprint density at radius 2 is 2.31 bits per heavy atom. The Bertz CT molecular complexity index is 1030. The van der Waals surface area contributed by atoms with Crippen LogP contribution >= 0.6 is 0 Å². The van der Waals surface area contributed by atoms with Crippen molar-refractivity contribution >= 4 is 11.6 Å². The van der Waals surface area contributed by atoms with E-state index in [0.717, 1.165) is 29.7 Å². The maximum Gasteiger partial charge on any atom is 0.271 e. The van der Waals surface area contributed by atoms with Crippen molar-refractivity contribution in [2.75, 3.05) is 6.54 Å². The summed E-state index contributed by atoms with van der Waals surface area (Å²) >= 11 is 0. The summed E-state index contributed by atoms with van der Waals surface area (Å²) in [6.07, 6.45) is 7.00. The lowest BCUT2D eigenvalue weighted by atomic mass is 10.2. The number of aryl methyl sites for hydroxylation is 2. The third-order valence-corrected chi connectivity index (χ3v) is 4.01. The van der Waals surface area contributed by atoms with E-state index in [9.17, 15) is 4.79 Å². The number of aromatic nitrogens is 5. The average Bonchev–Trinajstić information content (AvgIpc) is 3.36. The molecule has 0 spiro atoms. The summed E-state index contributed by atoms with van der Waals surface area (Å²) in [6.45, 7) is 2.49. The monoisotopic (exact) mass is 350 g/mol. The van der Waals surface area contributed by atoms with Gasteiger partial charge in [-0.05, 0) is 37.5 Å². The van der Waals surface area contributed by atoms with E-state index in [2.05, 4.69) is 25.6 Å². The minimum absolute atomic E-state index is 0.213. The summed E-state index contributed by atoms with van der Waals surface area (Å²) in [5.74, 6) is 0.434. The molecular weight excluding hydrogens is 332 g/mol. The number of aromatic amines is 1. The molecule has 4 heterocycles. The lowest BCUT2D eigenvalue weighted by molar-refractivity contribution is 0.0948. The van der Waals surface area contributed by atoms with E-state index in [4.69, 9.17) is 4.42 Å². The van der Waals surface area contributed by atoms with E-state index in [1.807, 2.05) is 25.4 Å². The van der Waals surface area contributed by atoms with Gasteiger partial charge in [-0.25, -0.2) is 9.50 Å². The minimum Gasteiger partial charge on any atom is -0.463 e. The second kappa shape index (κ2) is 6.83. The first-order valence-corrected chi connectivity index (χ1v) is 8.37. The first-order valence-electron chi connectivity index (χ1n) is 8.37. The molecule has 4 aromatic heterocycles. The van der Waals surface area contributed by atoms with Crippen LogP contribution in [0.15, 0.2) is 47.3 Å². The predicted molar refractivity (Wildman–Crippen MR) is 94.7 cm³/mol. The number of hydrogen-bond acceptors (Lipinski definition) is 5. The summed E-state index contributed by atoms with van der Waals surface area (Å²) < 4.78 is 7.06. The number of carbonyl (C=O) groups excluding carboxylic acids is 1. The molecule has 0 aliphatic heterocycles. The van der Waals surface area contributed by atoms with Gasteiger partial charge in [0.05, 0.1) is 12.0 Å². The molecule has 0 saturated heterocycles. The van der Waals surface area contributed by atoms with Gasteiger partial charge < -0.3 is 9.73 Å². The fraction of sp³-hybridized carbons (Fsp3) is 0.222. The van der Waals surface area contributed by atoms with Crippen LogP contribution in [0, 0.1) is 6.92 Å². The number of rotatable bonds is 6. The molecule has 4 aromatic rings. The summed E-state index contributed by atoms with van der Waals surface area (Å²) in [4.78, 5) is 16.5. The van der Waals surface area contributed by atoms with Crippen LogP contribution < -0.4 is 5.32 Å². The SMILES string of the molecule is Cc1cc2ncc(CCCNC(=O)c3cc(-c4ccco4)[nH]n3)cn2n1. The van der Waals surface area contributed by atoms with Gasteiger partial charge in [0.15, 0.2) is 17.1 Å². The molecule has 0 fully saturated rings. The third-order valence-electron chi connectivity index (χ3n) is 4.01.